The van der Waals surface area contributed by atoms with Gasteiger partial charge in [-0.05, 0) is 12.1 Å². The van der Waals surface area contributed by atoms with Crippen LogP contribution in [0.2, 0.25) is 5.02 Å². The number of nitrogens with zero attached hydrogens (tertiary/aromatic N) is 1. The first kappa shape index (κ1) is 15.9. The van der Waals surface area contributed by atoms with Crippen molar-refractivity contribution in [2.45, 2.75) is 6.92 Å². The van der Waals surface area contributed by atoms with Crippen molar-refractivity contribution in [3.05, 3.63) is 34.6 Å². The number of hydrogen-bond acceptors (Lipinski definition) is 3. The van der Waals surface area contributed by atoms with Crippen LogP contribution in [0, 0.1) is 11.2 Å². The largest absolute Gasteiger partial charge is 0.481 e. The Bertz CT molecular complexity index is 441. The molecule has 5 N–H and O–H groups in total. The predicted octanol–water partition coefficient (Wildman–Crippen LogP) is 1.39. The van der Waals surface area contributed by atoms with Crippen molar-refractivity contribution in [1.82, 2.24) is 5.43 Å². The zero-order chi connectivity index (χ0) is 14.1. The van der Waals surface area contributed by atoms with Crippen LogP contribution in [-0.4, -0.2) is 23.2 Å². The van der Waals surface area contributed by atoms with Gasteiger partial charge in [0.05, 0.1) is 11.2 Å². The van der Waals surface area contributed by atoms with Gasteiger partial charge in [-0.2, -0.15) is 5.10 Å². The highest BCUT2D eigenvalue weighted by molar-refractivity contribution is 6.33. The van der Waals surface area contributed by atoms with Gasteiger partial charge in [0.2, 0.25) is 5.96 Å². The minimum absolute atomic E-state index is 0.155. The molecule has 1 aromatic carbocycles. The predicted molar refractivity (Wildman–Crippen MR) is 67.4 cm³/mol. The molecule has 0 aliphatic carbocycles. The summed E-state index contributed by atoms with van der Waals surface area (Å²) in [4.78, 5) is 9.00. The molecule has 18 heavy (non-hydrogen) atoms. The third-order valence-electron chi connectivity index (χ3n) is 1.38. The fraction of sp³-hybridized carbons (Fsp3) is 0.100. The smallest absolute Gasteiger partial charge is 0.300 e. The standard InChI is InChI=1S/C8H8ClFN4.C2H4O2/c9-6-2-1-3-7(10)5(6)4-13-14-8(11)12;1-2(3)4/h1-4H,(H4,11,12,14);1H3,(H,3,4). The fourth-order valence-electron chi connectivity index (χ4n) is 0.800. The molecule has 0 spiro atoms. The van der Waals surface area contributed by atoms with Crippen molar-refractivity contribution >= 4 is 29.7 Å². The Kier molecular flexibility index (Phi) is 7.06. The Morgan fingerprint density at radius 2 is 2.22 bits per heavy atom. The first-order valence-corrected chi connectivity index (χ1v) is 4.99. The van der Waals surface area contributed by atoms with Crippen LogP contribution in [0.15, 0.2) is 23.3 Å². The summed E-state index contributed by atoms with van der Waals surface area (Å²) in [6.07, 6.45) is 1.17. The first-order chi connectivity index (χ1) is 8.34. The fourth-order valence-corrected chi connectivity index (χ4v) is 1.01. The topological polar surface area (TPSA) is 112 Å². The molecule has 0 bridgehead atoms. The number of benzene rings is 1. The van der Waals surface area contributed by atoms with Gasteiger partial charge >= 0.3 is 0 Å². The van der Waals surface area contributed by atoms with Crippen molar-refractivity contribution < 1.29 is 14.3 Å². The van der Waals surface area contributed by atoms with E-state index in [-0.39, 0.29) is 16.5 Å². The number of carboxylic acid groups (broad SMARTS) is 1. The van der Waals surface area contributed by atoms with E-state index in [0.717, 1.165) is 6.92 Å². The van der Waals surface area contributed by atoms with Crippen molar-refractivity contribution in [1.29, 1.82) is 5.41 Å². The maximum absolute atomic E-state index is 13.1. The Morgan fingerprint density at radius 1 is 1.67 bits per heavy atom. The Hall–Kier alpha value is -2.15. The summed E-state index contributed by atoms with van der Waals surface area (Å²) >= 11 is 5.70. The number of nitrogens with one attached hydrogen (secondary N) is 2. The van der Waals surface area contributed by atoms with Gasteiger partial charge in [-0.3, -0.25) is 10.2 Å². The van der Waals surface area contributed by atoms with E-state index in [9.17, 15) is 4.39 Å². The molecule has 0 saturated carbocycles. The van der Waals surface area contributed by atoms with E-state index in [2.05, 4.69) is 10.5 Å². The van der Waals surface area contributed by atoms with Crippen LogP contribution in [0.5, 0.6) is 0 Å². The van der Waals surface area contributed by atoms with E-state index in [4.69, 9.17) is 32.6 Å². The first-order valence-electron chi connectivity index (χ1n) is 4.61. The van der Waals surface area contributed by atoms with E-state index in [1.165, 1.54) is 18.3 Å². The summed E-state index contributed by atoms with van der Waals surface area (Å²) in [5, 5.41) is 18.0. The van der Waals surface area contributed by atoms with Crippen LogP contribution in [-0.2, 0) is 4.79 Å². The van der Waals surface area contributed by atoms with Gasteiger partial charge in [0.25, 0.3) is 5.97 Å². The molecule has 0 heterocycles. The third-order valence-corrected chi connectivity index (χ3v) is 1.71. The maximum atomic E-state index is 13.1. The summed E-state index contributed by atoms with van der Waals surface area (Å²) in [5.74, 6) is -1.64. The molecule has 0 aliphatic rings. The molecule has 98 valence electrons. The molecule has 0 aliphatic heterocycles. The number of nitrogens with two attached hydrogens (primary N) is 1. The van der Waals surface area contributed by atoms with Crippen LogP contribution < -0.4 is 11.2 Å². The van der Waals surface area contributed by atoms with E-state index < -0.39 is 11.8 Å². The van der Waals surface area contributed by atoms with E-state index in [1.54, 1.807) is 6.07 Å². The van der Waals surface area contributed by atoms with E-state index in [0.29, 0.717) is 0 Å². The van der Waals surface area contributed by atoms with Gasteiger partial charge in [0, 0.05) is 12.5 Å². The molecule has 0 unspecified atom stereocenters. The number of hydrazone groups is 1. The molecular formula is C10H12ClFN4O2. The number of aliphatic carboxylic acids is 1. The van der Waals surface area contributed by atoms with Crippen molar-refractivity contribution in [2.24, 2.45) is 10.8 Å². The molecule has 1 rings (SSSR count). The average Bonchev–Trinajstić information content (AvgIpc) is 2.21. The van der Waals surface area contributed by atoms with Crippen molar-refractivity contribution in [2.75, 3.05) is 0 Å². The van der Waals surface area contributed by atoms with Crippen LogP contribution in [0.4, 0.5) is 4.39 Å². The van der Waals surface area contributed by atoms with Crippen LogP contribution in [0.1, 0.15) is 12.5 Å². The molecule has 8 heteroatoms. The van der Waals surface area contributed by atoms with Crippen molar-refractivity contribution in [3.8, 4) is 0 Å². The molecule has 0 fully saturated rings. The monoisotopic (exact) mass is 274 g/mol. The quantitative estimate of drug-likeness (QED) is 0.371. The summed E-state index contributed by atoms with van der Waals surface area (Å²) in [6, 6.07) is 4.30. The number of hydrogen-bond donors (Lipinski definition) is 4. The van der Waals surface area contributed by atoms with Crippen LogP contribution in [0.25, 0.3) is 0 Å². The number of halogens is 2. The Morgan fingerprint density at radius 3 is 2.67 bits per heavy atom. The Labute approximate surface area is 108 Å². The SMILES string of the molecule is CC(=O)O.N=C(N)NN=Cc1c(F)cccc1Cl. The number of carboxylic acids is 1. The lowest BCUT2D eigenvalue weighted by Gasteiger charge is -1.99. The summed E-state index contributed by atoms with van der Waals surface area (Å²) in [7, 11) is 0. The molecule has 0 amide bonds. The zero-order valence-electron chi connectivity index (χ0n) is 9.45. The second kappa shape index (κ2) is 8.02. The van der Waals surface area contributed by atoms with Gasteiger partial charge in [-0.1, -0.05) is 17.7 Å². The lowest BCUT2D eigenvalue weighted by molar-refractivity contribution is -0.134. The normalized spacial score (nSPS) is 9.50. The molecule has 0 radical (unpaired) electrons. The van der Waals surface area contributed by atoms with Crippen LogP contribution >= 0.6 is 11.6 Å². The van der Waals surface area contributed by atoms with E-state index in [1.807, 2.05) is 0 Å². The highest BCUT2D eigenvalue weighted by atomic mass is 35.5. The number of guanidine groups is 1. The second-order valence-electron chi connectivity index (χ2n) is 2.94. The van der Waals surface area contributed by atoms with Gasteiger partial charge < -0.3 is 10.8 Å². The number of carbonyl (C=O) groups is 1. The minimum atomic E-state index is -0.833. The summed E-state index contributed by atoms with van der Waals surface area (Å²) in [5.41, 5.74) is 7.27. The lowest BCUT2D eigenvalue weighted by atomic mass is 10.2. The maximum Gasteiger partial charge on any atom is 0.300 e. The zero-order valence-corrected chi connectivity index (χ0v) is 10.2. The van der Waals surface area contributed by atoms with Crippen LogP contribution in [0.3, 0.4) is 0 Å². The molecule has 0 aromatic heterocycles. The van der Waals surface area contributed by atoms with Gasteiger partial charge in [0.1, 0.15) is 5.82 Å². The van der Waals surface area contributed by atoms with Gasteiger partial charge in [-0.25, -0.2) is 9.82 Å². The molecular weight excluding hydrogens is 263 g/mol. The summed E-state index contributed by atoms with van der Waals surface area (Å²) < 4.78 is 13.1. The summed E-state index contributed by atoms with van der Waals surface area (Å²) in [6.45, 7) is 1.08. The van der Waals surface area contributed by atoms with Gasteiger partial charge in [-0.15, -0.1) is 0 Å². The molecule has 6 nitrogen and oxygen atoms in total. The van der Waals surface area contributed by atoms with Gasteiger partial charge in [0.15, 0.2) is 0 Å². The molecule has 0 atom stereocenters. The average molecular weight is 275 g/mol. The van der Waals surface area contributed by atoms with E-state index >= 15 is 0 Å². The highest BCUT2D eigenvalue weighted by Crippen LogP contribution is 2.16. The Balaban J connectivity index is 0.000000631. The third kappa shape index (κ3) is 7.18. The number of rotatable bonds is 2. The minimum Gasteiger partial charge on any atom is -0.481 e. The highest BCUT2D eigenvalue weighted by Gasteiger charge is 2.02. The molecule has 0 saturated heterocycles. The lowest BCUT2D eigenvalue weighted by Crippen LogP contribution is -2.25. The molecule has 1 aromatic rings. The van der Waals surface area contributed by atoms with Crippen molar-refractivity contribution in [3.63, 3.8) is 0 Å². The second-order valence-corrected chi connectivity index (χ2v) is 3.35.